The van der Waals surface area contributed by atoms with Gasteiger partial charge in [-0.05, 0) is 36.1 Å². The molecule has 0 aliphatic carbocycles. The van der Waals surface area contributed by atoms with Crippen LogP contribution in [0.3, 0.4) is 0 Å². The molecular weight excluding hydrogens is 303 g/mol. The maximum absolute atomic E-state index is 12.3. The van der Waals surface area contributed by atoms with E-state index in [1.807, 2.05) is 18.4 Å². The molecular formula is C13H12Cl2N2OS. The number of nitrogens with zero attached hydrogens (tertiary/aromatic N) is 2. The Morgan fingerprint density at radius 3 is 2.53 bits per heavy atom. The lowest BCUT2D eigenvalue weighted by Gasteiger charge is -2.17. The van der Waals surface area contributed by atoms with Crippen molar-refractivity contribution >= 4 is 40.4 Å². The van der Waals surface area contributed by atoms with Crippen LogP contribution in [0.5, 0.6) is 0 Å². The fraction of sp³-hybridized carbons (Fsp3) is 0.231. The fourth-order valence-corrected chi connectivity index (χ4v) is 3.08. The van der Waals surface area contributed by atoms with Gasteiger partial charge in [0.1, 0.15) is 10.3 Å². The molecule has 19 heavy (non-hydrogen) atoms. The monoisotopic (exact) mass is 314 g/mol. The smallest absolute Gasteiger partial charge is 0.254 e. The number of pyridine rings is 1. The molecule has 0 bridgehead atoms. The Kier molecular flexibility index (Phi) is 4.45. The van der Waals surface area contributed by atoms with E-state index in [4.69, 9.17) is 23.2 Å². The van der Waals surface area contributed by atoms with Gasteiger partial charge < -0.3 is 4.90 Å². The Morgan fingerprint density at radius 1 is 1.37 bits per heavy atom. The molecule has 2 heterocycles. The fourth-order valence-electron chi connectivity index (χ4n) is 1.66. The van der Waals surface area contributed by atoms with E-state index in [0.717, 1.165) is 0 Å². The number of carbonyl (C=O) groups is 1. The minimum Gasteiger partial charge on any atom is -0.337 e. The Morgan fingerprint density at radius 2 is 2.00 bits per heavy atom. The average Bonchev–Trinajstić information content (AvgIpc) is 2.72. The molecule has 0 spiro atoms. The predicted molar refractivity (Wildman–Crippen MR) is 79.1 cm³/mol. The molecule has 0 N–H and O–H groups in total. The zero-order valence-corrected chi connectivity index (χ0v) is 12.8. The van der Waals surface area contributed by atoms with Crippen LogP contribution < -0.4 is 0 Å². The predicted octanol–water partition coefficient (Wildman–Crippen LogP) is 4.03. The van der Waals surface area contributed by atoms with Gasteiger partial charge in [0.2, 0.25) is 0 Å². The van der Waals surface area contributed by atoms with Crippen LogP contribution in [-0.2, 0) is 6.54 Å². The van der Waals surface area contributed by atoms with Crippen LogP contribution in [0.2, 0.25) is 10.3 Å². The third-order valence-electron chi connectivity index (χ3n) is 2.71. The van der Waals surface area contributed by atoms with Crippen LogP contribution in [0.25, 0.3) is 0 Å². The van der Waals surface area contributed by atoms with E-state index in [2.05, 4.69) is 4.98 Å². The zero-order valence-electron chi connectivity index (χ0n) is 10.5. The summed E-state index contributed by atoms with van der Waals surface area (Å²) in [6, 6.07) is 5.08. The molecule has 2 aromatic heterocycles. The highest BCUT2D eigenvalue weighted by atomic mass is 35.5. The Hall–Kier alpha value is -1.10. The Bertz CT molecular complexity index is 592. The number of aromatic nitrogens is 1. The number of hydrogen-bond acceptors (Lipinski definition) is 3. The van der Waals surface area contributed by atoms with Gasteiger partial charge >= 0.3 is 0 Å². The van der Waals surface area contributed by atoms with Gasteiger partial charge in [0.05, 0.1) is 6.54 Å². The number of hydrogen-bond donors (Lipinski definition) is 0. The van der Waals surface area contributed by atoms with Crippen LogP contribution in [0.4, 0.5) is 0 Å². The standard InChI is InChI=1S/C13H12Cl2N2OS/c1-8-3-4-19-10(8)7-17(2)13(18)9-5-11(14)16-12(15)6-9/h3-6H,7H2,1-2H3. The molecule has 2 rings (SSSR count). The lowest BCUT2D eigenvalue weighted by molar-refractivity contribution is 0.0786. The van der Waals surface area contributed by atoms with Gasteiger partial charge in [-0.15, -0.1) is 11.3 Å². The van der Waals surface area contributed by atoms with Crippen molar-refractivity contribution in [1.29, 1.82) is 0 Å². The zero-order chi connectivity index (χ0) is 14.0. The van der Waals surface area contributed by atoms with Crippen LogP contribution in [0, 0.1) is 6.92 Å². The molecule has 0 aliphatic rings. The van der Waals surface area contributed by atoms with E-state index in [-0.39, 0.29) is 16.2 Å². The molecule has 0 radical (unpaired) electrons. The van der Waals surface area contributed by atoms with Gasteiger partial charge in [-0.25, -0.2) is 4.98 Å². The van der Waals surface area contributed by atoms with Crippen LogP contribution in [0.1, 0.15) is 20.8 Å². The second kappa shape index (κ2) is 5.90. The first-order valence-electron chi connectivity index (χ1n) is 5.59. The number of carbonyl (C=O) groups excluding carboxylic acids is 1. The second-order valence-electron chi connectivity index (χ2n) is 4.19. The molecule has 0 fully saturated rings. The lowest BCUT2D eigenvalue weighted by Crippen LogP contribution is -2.26. The summed E-state index contributed by atoms with van der Waals surface area (Å²) in [5.41, 5.74) is 1.64. The van der Waals surface area contributed by atoms with Gasteiger partial charge in [0.15, 0.2) is 0 Å². The summed E-state index contributed by atoms with van der Waals surface area (Å²) < 4.78 is 0. The van der Waals surface area contributed by atoms with Crippen molar-refractivity contribution < 1.29 is 4.79 Å². The maximum Gasteiger partial charge on any atom is 0.254 e. The molecule has 0 saturated heterocycles. The van der Waals surface area contributed by atoms with Crippen molar-refractivity contribution in [2.45, 2.75) is 13.5 Å². The van der Waals surface area contributed by atoms with Crippen molar-refractivity contribution in [2.75, 3.05) is 7.05 Å². The van der Waals surface area contributed by atoms with Crippen molar-refractivity contribution in [1.82, 2.24) is 9.88 Å². The quantitative estimate of drug-likeness (QED) is 0.801. The number of halogens is 2. The Balaban J connectivity index is 2.17. The summed E-state index contributed by atoms with van der Waals surface area (Å²) in [6.07, 6.45) is 0. The topological polar surface area (TPSA) is 33.2 Å². The van der Waals surface area contributed by atoms with Gasteiger partial charge in [0, 0.05) is 17.5 Å². The van der Waals surface area contributed by atoms with E-state index in [1.54, 1.807) is 23.3 Å². The molecule has 1 amide bonds. The highest BCUT2D eigenvalue weighted by molar-refractivity contribution is 7.10. The molecule has 3 nitrogen and oxygen atoms in total. The molecule has 0 atom stereocenters. The first-order chi connectivity index (χ1) is 8.97. The number of thiophene rings is 1. The van der Waals surface area contributed by atoms with Crippen LogP contribution >= 0.6 is 34.5 Å². The maximum atomic E-state index is 12.3. The van der Waals surface area contributed by atoms with Crippen LogP contribution in [-0.4, -0.2) is 22.8 Å². The lowest BCUT2D eigenvalue weighted by atomic mass is 10.2. The van der Waals surface area contributed by atoms with Crippen molar-refractivity contribution in [3.63, 3.8) is 0 Å². The van der Waals surface area contributed by atoms with Gasteiger partial charge in [0.25, 0.3) is 5.91 Å². The van der Waals surface area contributed by atoms with Gasteiger partial charge in [-0.2, -0.15) is 0 Å². The molecule has 0 saturated carbocycles. The van der Waals surface area contributed by atoms with Gasteiger partial charge in [-0.3, -0.25) is 4.79 Å². The van der Waals surface area contributed by atoms with Crippen molar-refractivity contribution in [3.8, 4) is 0 Å². The third kappa shape index (κ3) is 3.47. The van der Waals surface area contributed by atoms with Crippen LogP contribution in [0.15, 0.2) is 23.6 Å². The third-order valence-corrected chi connectivity index (χ3v) is 4.10. The molecule has 100 valence electrons. The minimum absolute atomic E-state index is 0.126. The summed E-state index contributed by atoms with van der Waals surface area (Å²) in [7, 11) is 1.75. The van der Waals surface area contributed by atoms with Crippen molar-refractivity contribution in [3.05, 3.63) is 49.9 Å². The molecule has 2 aromatic rings. The number of amides is 1. The van der Waals surface area contributed by atoms with E-state index in [9.17, 15) is 4.79 Å². The summed E-state index contributed by atoms with van der Waals surface area (Å²) in [5, 5.41) is 2.46. The summed E-state index contributed by atoms with van der Waals surface area (Å²) in [4.78, 5) is 18.9. The van der Waals surface area contributed by atoms with E-state index in [0.29, 0.717) is 12.1 Å². The van der Waals surface area contributed by atoms with E-state index < -0.39 is 0 Å². The average molecular weight is 315 g/mol. The number of rotatable bonds is 3. The highest BCUT2D eigenvalue weighted by Crippen LogP contribution is 2.20. The molecule has 0 aromatic carbocycles. The molecule has 0 unspecified atom stereocenters. The molecule has 0 aliphatic heterocycles. The van der Waals surface area contributed by atoms with Gasteiger partial charge in [-0.1, -0.05) is 23.2 Å². The second-order valence-corrected chi connectivity index (χ2v) is 5.96. The first kappa shape index (κ1) is 14.3. The summed E-state index contributed by atoms with van der Waals surface area (Å²) in [5.74, 6) is -0.126. The normalized spacial score (nSPS) is 10.5. The SMILES string of the molecule is Cc1ccsc1CN(C)C(=O)c1cc(Cl)nc(Cl)c1. The Labute approximate surface area is 125 Å². The molecule has 6 heteroatoms. The number of aryl methyl sites for hydroxylation is 1. The van der Waals surface area contributed by atoms with E-state index in [1.165, 1.54) is 22.6 Å². The van der Waals surface area contributed by atoms with E-state index >= 15 is 0 Å². The summed E-state index contributed by atoms with van der Waals surface area (Å²) >= 11 is 13.2. The first-order valence-corrected chi connectivity index (χ1v) is 7.22. The highest BCUT2D eigenvalue weighted by Gasteiger charge is 2.15. The summed E-state index contributed by atoms with van der Waals surface area (Å²) in [6.45, 7) is 2.60. The largest absolute Gasteiger partial charge is 0.337 e. The minimum atomic E-state index is -0.126. The van der Waals surface area contributed by atoms with Crippen molar-refractivity contribution in [2.24, 2.45) is 0 Å².